The van der Waals surface area contributed by atoms with E-state index in [4.69, 9.17) is 14.9 Å². The molecule has 0 rings (SSSR count). The number of unbranched alkanes of at least 4 members (excludes halogenated alkanes) is 24. The van der Waals surface area contributed by atoms with Crippen LogP contribution in [0.15, 0.2) is 0 Å². The van der Waals surface area contributed by atoms with Gasteiger partial charge in [0.1, 0.15) is 0 Å². The molecule has 0 heterocycles. The fraction of sp³-hybridized carbons (Fsp3) is 1.00. The van der Waals surface area contributed by atoms with Gasteiger partial charge >= 0.3 is 7.82 Å². The summed E-state index contributed by atoms with van der Waals surface area (Å²) in [7, 11) is -4.27. The van der Waals surface area contributed by atoms with E-state index in [2.05, 4.69) is 4.52 Å². The fourth-order valence-electron chi connectivity index (χ4n) is 4.46. The normalized spacial score (nSPS) is 12.0. The predicted molar refractivity (Wildman–Crippen MR) is 141 cm³/mol. The summed E-state index contributed by atoms with van der Waals surface area (Å²) in [5, 5.41) is 8.75. The van der Waals surface area contributed by atoms with Crippen molar-refractivity contribution in [3.8, 4) is 0 Å². The van der Waals surface area contributed by atoms with Crippen molar-refractivity contribution in [3.63, 3.8) is 0 Å². The Morgan fingerprint density at radius 2 is 0.606 bits per heavy atom. The first kappa shape index (κ1) is 33.1. The Bertz CT molecular complexity index is 413. The quantitative estimate of drug-likeness (QED) is 0.0750. The van der Waals surface area contributed by atoms with Gasteiger partial charge in [-0.3, -0.25) is 4.52 Å². The van der Waals surface area contributed by atoms with Gasteiger partial charge in [-0.25, -0.2) is 4.57 Å². The number of rotatable bonds is 28. The van der Waals surface area contributed by atoms with E-state index < -0.39 is 7.82 Å². The molecule has 0 fully saturated rings. The molecule has 0 bridgehead atoms. The molecule has 0 amide bonds. The molecule has 33 heavy (non-hydrogen) atoms. The van der Waals surface area contributed by atoms with Gasteiger partial charge in [0.15, 0.2) is 0 Å². The fourth-order valence-corrected chi connectivity index (χ4v) is 4.83. The molecule has 0 aromatic rings. The van der Waals surface area contributed by atoms with E-state index in [1.807, 2.05) is 0 Å². The monoisotopic (exact) mass is 492 g/mol. The van der Waals surface area contributed by atoms with E-state index >= 15 is 0 Å². The second kappa shape index (κ2) is 26.7. The van der Waals surface area contributed by atoms with Gasteiger partial charge in [-0.1, -0.05) is 148 Å². The maximum Gasteiger partial charge on any atom is 0.469 e. The molecule has 0 aliphatic heterocycles. The van der Waals surface area contributed by atoms with Crippen molar-refractivity contribution in [2.24, 2.45) is 0 Å². The minimum atomic E-state index is -4.27. The highest BCUT2D eigenvalue weighted by molar-refractivity contribution is 7.46. The van der Waals surface area contributed by atoms with Crippen LogP contribution in [0.5, 0.6) is 0 Å². The van der Waals surface area contributed by atoms with Gasteiger partial charge in [-0.15, -0.1) is 0 Å². The van der Waals surface area contributed by atoms with Crippen LogP contribution in [0.2, 0.25) is 0 Å². The molecular weight excluding hydrogens is 435 g/mol. The Morgan fingerprint density at radius 3 is 0.818 bits per heavy atom. The molecule has 0 atom stereocenters. The Balaban J connectivity index is 3.03. The average molecular weight is 493 g/mol. The standard InChI is InChI=1S/C27H57O5P/c28-26-24-22-20-18-16-14-12-10-8-6-4-2-1-3-5-7-9-11-13-15-17-19-21-23-25-27-32-33(29,30)31/h28H,1-27H2,(H2,29,30,31). The summed E-state index contributed by atoms with van der Waals surface area (Å²) in [5.74, 6) is 0. The molecule has 0 unspecified atom stereocenters. The van der Waals surface area contributed by atoms with Crippen LogP contribution in [0.25, 0.3) is 0 Å². The van der Waals surface area contributed by atoms with Crippen LogP contribution in [0.4, 0.5) is 0 Å². The van der Waals surface area contributed by atoms with Crippen molar-refractivity contribution in [3.05, 3.63) is 0 Å². The van der Waals surface area contributed by atoms with E-state index in [1.165, 1.54) is 135 Å². The minimum absolute atomic E-state index is 0.165. The number of hydrogen-bond donors (Lipinski definition) is 3. The summed E-state index contributed by atoms with van der Waals surface area (Å²) < 4.78 is 15.0. The second-order valence-electron chi connectivity index (χ2n) is 9.89. The highest BCUT2D eigenvalue weighted by Crippen LogP contribution is 2.35. The van der Waals surface area contributed by atoms with E-state index in [9.17, 15) is 4.57 Å². The lowest BCUT2D eigenvalue weighted by Gasteiger charge is -2.05. The average Bonchev–Trinajstić information content (AvgIpc) is 2.78. The van der Waals surface area contributed by atoms with Gasteiger partial charge in [0.2, 0.25) is 0 Å². The molecule has 0 aliphatic carbocycles. The molecule has 0 aromatic heterocycles. The Morgan fingerprint density at radius 1 is 0.394 bits per heavy atom. The molecule has 6 heteroatoms. The van der Waals surface area contributed by atoms with Crippen LogP contribution in [-0.4, -0.2) is 28.1 Å². The maximum atomic E-state index is 10.5. The van der Waals surface area contributed by atoms with E-state index in [0.29, 0.717) is 6.61 Å². The number of phosphoric acid groups is 1. The Kier molecular flexibility index (Phi) is 26.7. The third-order valence-corrected chi connectivity index (χ3v) is 7.08. The summed E-state index contributed by atoms with van der Waals surface area (Å²) in [6.45, 7) is 0.522. The van der Waals surface area contributed by atoms with Gasteiger partial charge in [-0.05, 0) is 12.8 Å². The van der Waals surface area contributed by atoms with Crippen molar-refractivity contribution < 1.29 is 24.0 Å². The van der Waals surface area contributed by atoms with Crippen molar-refractivity contribution in [1.29, 1.82) is 0 Å². The topological polar surface area (TPSA) is 87.0 Å². The number of aliphatic hydroxyl groups excluding tert-OH is 1. The van der Waals surface area contributed by atoms with Crippen molar-refractivity contribution >= 4 is 7.82 Å². The molecule has 5 nitrogen and oxygen atoms in total. The molecule has 0 saturated carbocycles. The summed E-state index contributed by atoms with van der Waals surface area (Å²) in [5.41, 5.74) is 0. The SMILES string of the molecule is O=P(O)(O)OCCCCCCCCCCCCCCCCCCCCCCCCCCCO. The van der Waals surface area contributed by atoms with Gasteiger partial charge in [-0.2, -0.15) is 0 Å². The zero-order chi connectivity index (χ0) is 24.3. The summed E-state index contributed by atoms with van der Waals surface area (Å²) in [6, 6.07) is 0. The van der Waals surface area contributed by atoms with E-state index in [0.717, 1.165) is 25.7 Å². The second-order valence-corrected chi connectivity index (χ2v) is 11.1. The lowest BCUT2D eigenvalue weighted by molar-refractivity contribution is 0.193. The summed E-state index contributed by atoms with van der Waals surface area (Å²) in [4.78, 5) is 17.2. The third-order valence-electron chi connectivity index (χ3n) is 6.56. The van der Waals surface area contributed by atoms with Gasteiger partial charge < -0.3 is 14.9 Å². The zero-order valence-corrected chi connectivity index (χ0v) is 22.6. The number of phosphoric ester groups is 1. The van der Waals surface area contributed by atoms with Crippen molar-refractivity contribution in [2.45, 2.75) is 161 Å². The highest BCUT2D eigenvalue weighted by atomic mass is 31.2. The third kappa shape index (κ3) is 32.1. The molecule has 0 aromatic carbocycles. The zero-order valence-electron chi connectivity index (χ0n) is 21.7. The molecule has 0 saturated heterocycles. The molecule has 0 aliphatic rings. The van der Waals surface area contributed by atoms with Crippen LogP contribution in [0, 0.1) is 0 Å². The minimum Gasteiger partial charge on any atom is -0.396 e. The van der Waals surface area contributed by atoms with Gasteiger partial charge in [0.25, 0.3) is 0 Å². The van der Waals surface area contributed by atoms with Crippen molar-refractivity contribution in [2.75, 3.05) is 13.2 Å². The lowest BCUT2D eigenvalue weighted by Crippen LogP contribution is -1.92. The van der Waals surface area contributed by atoms with E-state index in [1.54, 1.807) is 0 Å². The van der Waals surface area contributed by atoms with Crippen molar-refractivity contribution in [1.82, 2.24) is 0 Å². The first-order valence-electron chi connectivity index (χ1n) is 14.4. The summed E-state index contributed by atoms with van der Waals surface area (Å²) in [6.07, 6.45) is 32.6. The summed E-state index contributed by atoms with van der Waals surface area (Å²) >= 11 is 0. The molecular formula is C27H57O5P. The Hall–Kier alpha value is 0.0700. The smallest absolute Gasteiger partial charge is 0.396 e. The number of aliphatic hydroxyl groups is 1. The van der Waals surface area contributed by atoms with Crippen LogP contribution in [0.3, 0.4) is 0 Å². The highest BCUT2D eigenvalue weighted by Gasteiger charge is 2.12. The van der Waals surface area contributed by atoms with E-state index in [-0.39, 0.29) is 6.61 Å². The van der Waals surface area contributed by atoms with Crippen LogP contribution in [0.1, 0.15) is 161 Å². The van der Waals surface area contributed by atoms with Crippen LogP contribution >= 0.6 is 7.82 Å². The Labute approximate surface area is 205 Å². The molecule has 200 valence electrons. The predicted octanol–water partition coefficient (Wildman–Crippen LogP) is 8.84. The molecule has 0 spiro atoms. The largest absolute Gasteiger partial charge is 0.469 e. The maximum absolute atomic E-state index is 10.5. The lowest BCUT2D eigenvalue weighted by atomic mass is 10.0. The first-order chi connectivity index (χ1) is 16.1. The van der Waals surface area contributed by atoms with Crippen LogP contribution in [-0.2, 0) is 9.09 Å². The molecule has 3 N–H and O–H groups in total. The molecule has 0 radical (unpaired) electrons. The van der Waals surface area contributed by atoms with Gasteiger partial charge in [0.05, 0.1) is 6.61 Å². The van der Waals surface area contributed by atoms with Crippen LogP contribution < -0.4 is 0 Å². The first-order valence-corrected chi connectivity index (χ1v) is 15.9. The number of hydrogen-bond acceptors (Lipinski definition) is 3. The van der Waals surface area contributed by atoms with Gasteiger partial charge in [0, 0.05) is 6.61 Å².